The van der Waals surface area contributed by atoms with Gasteiger partial charge < -0.3 is 23.2 Å². The zero-order valence-electron chi connectivity index (χ0n) is 17.4. The number of hydrogen-bond acceptors (Lipinski definition) is 7. The molecule has 0 unspecified atom stereocenters. The third-order valence-electron chi connectivity index (χ3n) is 5.81. The molecule has 4 heterocycles. The van der Waals surface area contributed by atoms with Gasteiger partial charge in [0, 0.05) is 16.0 Å². The van der Waals surface area contributed by atoms with Crippen molar-refractivity contribution in [3.8, 4) is 23.0 Å². The van der Waals surface area contributed by atoms with Gasteiger partial charge in [-0.2, -0.15) is 4.98 Å². The maximum Gasteiger partial charge on any atom is 0.512 e. The Labute approximate surface area is 182 Å². The van der Waals surface area contributed by atoms with Crippen LogP contribution in [0.4, 0.5) is 0 Å². The first-order chi connectivity index (χ1) is 14.6. The van der Waals surface area contributed by atoms with Crippen molar-refractivity contribution in [2.24, 2.45) is 0 Å². The fourth-order valence-corrected chi connectivity index (χ4v) is 3.52. The SMILES string of the molecule is CC1(C)OB(c2ccc(-c3noc(-c4cc5cc(Cl)ccc5oc4=O)n3)[nH]2)OC1(C)C. The quantitative estimate of drug-likeness (QED) is 0.382. The van der Waals surface area contributed by atoms with Gasteiger partial charge in [-0.1, -0.05) is 16.8 Å². The molecule has 1 saturated heterocycles. The number of nitrogens with zero attached hydrogens (tertiary/aromatic N) is 2. The molecule has 0 spiro atoms. The second-order valence-corrected chi connectivity index (χ2v) is 8.90. The molecule has 0 radical (unpaired) electrons. The monoisotopic (exact) mass is 439 g/mol. The van der Waals surface area contributed by atoms with Gasteiger partial charge in [0.1, 0.15) is 11.1 Å². The fourth-order valence-electron chi connectivity index (χ4n) is 3.34. The molecule has 1 aliphatic rings. The fraction of sp³-hybridized carbons (Fsp3) is 0.286. The van der Waals surface area contributed by atoms with Crippen LogP contribution in [-0.4, -0.2) is 33.4 Å². The van der Waals surface area contributed by atoms with Crippen molar-refractivity contribution in [3.63, 3.8) is 0 Å². The molecule has 0 atom stereocenters. The summed E-state index contributed by atoms with van der Waals surface area (Å²) in [7, 11) is -0.539. The van der Waals surface area contributed by atoms with Crippen LogP contribution < -0.4 is 11.2 Å². The zero-order chi connectivity index (χ0) is 22.0. The van der Waals surface area contributed by atoms with Crippen molar-refractivity contribution in [3.05, 3.63) is 51.8 Å². The summed E-state index contributed by atoms with van der Waals surface area (Å²) in [6, 6.07) is 10.3. The van der Waals surface area contributed by atoms with E-state index in [0.29, 0.717) is 27.5 Å². The van der Waals surface area contributed by atoms with E-state index in [0.717, 1.165) is 5.59 Å². The number of aromatic nitrogens is 3. The molecule has 1 aromatic carbocycles. The summed E-state index contributed by atoms with van der Waals surface area (Å²) in [5, 5.41) is 5.18. The molecule has 3 aromatic heterocycles. The van der Waals surface area contributed by atoms with E-state index in [1.807, 2.05) is 33.8 Å². The van der Waals surface area contributed by atoms with E-state index in [-0.39, 0.29) is 11.5 Å². The molecule has 4 aromatic rings. The number of nitrogens with one attached hydrogen (secondary N) is 1. The highest BCUT2D eigenvalue weighted by Gasteiger charge is 2.52. The summed E-state index contributed by atoms with van der Waals surface area (Å²) in [5.74, 6) is 0.348. The van der Waals surface area contributed by atoms with Crippen LogP contribution in [0.1, 0.15) is 27.7 Å². The number of hydrogen-bond donors (Lipinski definition) is 1. The van der Waals surface area contributed by atoms with Crippen molar-refractivity contribution in [2.45, 2.75) is 38.9 Å². The Morgan fingerprint density at radius 3 is 2.52 bits per heavy atom. The summed E-state index contributed by atoms with van der Waals surface area (Å²) in [6.45, 7) is 7.96. The second kappa shape index (κ2) is 6.81. The molecule has 0 bridgehead atoms. The molecule has 31 heavy (non-hydrogen) atoms. The van der Waals surface area contributed by atoms with E-state index in [2.05, 4.69) is 15.1 Å². The molecule has 0 amide bonds. The number of rotatable bonds is 3. The van der Waals surface area contributed by atoms with E-state index in [1.54, 1.807) is 30.3 Å². The Hall–Kier alpha value is -2.88. The van der Waals surface area contributed by atoms with Gasteiger partial charge in [0.05, 0.1) is 16.9 Å². The average molecular weight is 440 g/mol. The lowest BCUT2D eigenvalue weighted by Gasteiger charge is -2.32. The lowest BCUT2D eigenvalue weighted by atomic mass is 9.85. The highest BCUT2D eigenvalue weighted by atomic mass is 35.5. The van der Waals surface area contributed by atoms with Gasteiger partial charge in [-0.3, -0.25) is 0 Å². The number of halogens is 1. The highest BCUT2D eigenvalue weighted by molar-refractivity contribution is 6.61. The lowest BCUT2D eigenvalue weighted by Crippen LogP contribution is -2.41. The minimum absolute atomic E-state index is 0.0532. The van der Waals surface area contributed by atoms with Crippen molar-refractivity contribution in [1.82, 2.24) is 15.1 Å². The number of aromatic amines is 1. The molecule has 1 fully saturated rings. The molecule has 10 heteroatoms. The predicted octanol–water partition coefficient (Wildman–Crippen LogP) is 3.79. The highest BCUT2D eigenvalue weighted by Crippen LogP contribution is 2.36. The van der Waals surface area contributed by atoms with Crippen LogP contribution in [0, 0.1) is 0 Å². The second-order valence-electron chi connectivity index (χ2n) is 8.47. The Balaban J connectivity index is 1.45. The Kier molecular flexibility index (Phi) is 4.41. The Morgan fingerprint density at radius 1 is 1.03 bits per heavy atom. The van der Waals surface area contributed by atoms with E-state index >= 15 is 0 Å². The maximum atomic E-state index is 12.4. The number of H-pyrrole nitrogens is 1. The molecule has 1 N–H and O–H groups in total. The zero-order valence-corrected chi connectivity index (χ0v) is 18.1. The van der Waals surface area contributed by atoms with Gasteiger partial charge in [-0.25, -0.2) is 4.79 Å². The Bertz CT molecular complexity index is 1340. The summed E-state index contributed by atoms with van der Waals surface area (Å²) < 4.78 is 22.8. The van der Waals surface area contributed by atoms with E-state index in [9.17, 15) is 4.79 Å². The first kappa shape index (κ1) is 20.1. The van der Waals surface area contributed by atoms with E-state index in [4.69, 9.17) is 29.8 Å². The van der Waals surface area contributed by atoms with Crippen LogP contribution in [-0.2, 0) is 9.31 Å². The topological polar surface area (TPSA) is 103 Å². The molecule has 5 rings (SSSR count). The number of benzene rings is 1. The van der Waals surface area contributed by atoms with Crippen LogP contribution in [0.25, 0.3) is 33.9 Å². The van der Waals surface area contributed by atoms with Crippen molar-refractivity contribution in [2.75, 3.05) is 0 Å². The third kappa shape index (κ3) is 3.38. The first-order valence-electron chi connectivity index (χ1n) is 9.75. The van der Waals surface area contributed by atoms with Crippen LogP contribution in [0.2, 0.25) is 5.02 Å². The molecule has 8 nitrogen and oxygen atoms in total. The first-order valence-corrected chi connectivity index (χ1v) is 10.1. The smallest absolute Gasteiger partial charge is 0.422 e. The maximum absolute atomic E-state index is 12.4. The summed E-state index contributed by atoms with van der Waals surface area (Å²) in [4.78, 5) is 20.0. The van der Waals surface area contributed by atoms with Crippen molar-refractivity contribution in [1.29, 1.82) is 0 Å². The standard InChI is InChI=1S/C21H19BClN3O5/c1-20(2)21(3,4)31-22(30-20)16-8-6-14(24-16)17-25-18(29-26-17)13-10-11-9-12(23)5-7-15(11)28-19(13)27/h5-10,24H,1-4H3. The van der Waals surface area contributed by atoms with E-state index in [1.165, 1.54) is 0 Å². The van der Waals surface area contributed by atoms with Gasteiger partial charge in [0.25, 0.3) is 5.89 Å². The lowest BCUT2D eigenvalue weighted by molar-refractivity contribution is 0.00578. The number of fused-ring (bicyclic) bond motifs is 1. The minimum atomic E-state index is -0.575. The van der Waals surface area contributed by atoms with Gasteiger partial charge >= 0.3 is 12.7 Å². The molecule has 0 aliphatic carbocycles. The summed E-state index contributed by atoms with van der Waals surface area (Å²) in [6.07, 6.45) is 0. The van der Waals surface area contributed by atoms with Crippen LogP contribution >= 0.6 is 11.6 Å². The largest absolute Gasteiger partial charge is 0.512 e. The Morgan fingerprint density at radius 2 is 1.77 bits per heavy atom. The summed E-state index contributed by atoms with van der Waals surface area (Å²) in [5.41, 5.74) is 0.451. The van der Waals surface area contributed by atoms with Gasteiger partial charge in [-0.05, 0) is 64.1 Å². The molecule has 0 saturated carbocycles. The van der Waals surface area contributed by atoms with Crippen molar-refractivity contribution >= 4 is 35.3 Å². The molecule has 1 aliphatic heterocycles. The van der Waals surface area contributed by atoms with E-state index < -0.39 is 23.9 Å². The summed E-state index contributed by atoms with van der Waals surface area (Å²) >= 11 is 6.04. The molecular weight excluding hydrogens is 421 g/mol. The predicted molar refractivity (Wildman–Crippen MR) is 116 cm³/mol. The van der Waals surface area contributed by atoms with Crippen LogP contribution in [0.5, 0.6) is 0 Å². The average Bonchev–Trinajstić information content (AvgIpc) is 3.40. The molecule has 158 valence electrons. The third-order valence-corrected chi connectivity index (χ3v) is 6.04. The van der Waals surface area contributed by atoms with Crippen molar-refractivity contribution < 1.29 is 18.2 Å². The van der Waals surface area contributed by atoms with Crippen LogP contribution in [0.3, 0.4) is 0 Å². The van der Waals surface area contributed by atoms with Gasteiger partial charge in [0.15, 0.2) is 0 Å². The van der Waals surface area contributed by atoms with Gasteiger partial charge in [0.2, 0.25) is 5.82 Å². The minimum Gasteiger partial charge on any atom is -0.422 e. The normalized spacial score (nSPS) is 17.5. The van der Waals surface area contributed by atoms with Crippen LogP contribution in [0.15, 0.2) is 50.1 Å². The van der Waals surface area contributed by atoms with Gasteiger partial charge in [-0.15, -0.1) is 0 Å². The molecular formula is C21H19BClN3O5.